The van der Waals surface area contributed by atoms with E-state index in [0.717, 1.165) is 11.8 Å². The lowest BCUT2D eigenvalue weighted by atomic mass is 9.77. The van der Waals surface area contributed by atoms with Crippen molar-refractivity contribution < 1.29 is 0 Å². The van der Waals surface area contributed by atoms with E-state index in [4.69, 9.17) is 0 Å². The van der Waals surface area contributed by atoms with Crippen molar-refractivity contribution in [3.05, 3.63) is 47.5 Å². The predicted molar refractivity (Wildman–Crippen MR) is 61.3 cm³/mol. The van der Waals surface area contributed by atoms with Gasteiger partial charge in [-0.15, -0.1) is 0 Å². The summed E-state index contributed by atoms with van der Waals surface area (Å²) in [7, 11) is 0. The Kier molecular flexibility index (Phi) is 2.72. The van der Waals surface area contributed by atoms with Crippen molar-refractivity contribution in [2.45, 2.75) is 32.6 Å². The molecule has 1 aromatic carbocycles. The van der Waals surface area contributed by atoms with Crippen molar-refractivity contribution in [1.82, 2.24) is 0 Å². The lowest BCUT2D eigenvalue weighted by Crippen LogP contribution is -2.13. The molecule has 0 heterocycles. The van der Waals surface area contributed by atoms with Crippen molar-refractivity contribution in [2.24, 2.45) is 5.92 Å². The van der Waals surface area contributed by atoms with Crippen molar-refractivity contribution in [3.63, 3.8) is 0 Å². The highest BCUT2D eigenvalue weighted by atomic mass is 14.3. The molecule has 14 heavy (non-hydrogen) atoms. The second-order valence-electron chi connectivity index (χ2n) is 4.48. The lowest BCUT2D eigenvalue weighted by Gasteiger charge is -2.28. The molecule has 0 nitrogen and oxygen atoms in total. The maximum absolute atomic E-state index is 2.40. The minimum absolute atomic E-state index is 0.736. The molecule has 0 amide bonds. The van der Waals surface area contributed by atoms with Crippen molar-refractivity contribution in [2.75, 3.05) is 0 Å². The zero-order valence-corrected chi connectivity index (χ0v) is 9.03. The first-order chi connectivity index (χ1) is 6.77. The summed E-state index contributed by atoms with van der Waals surface area (Å²) in [5, 5.41) is 0. The largest absolute Gasteiger partial charge is 0.0850 e. The maximum atomic E-state index is 2.40. The Hall–Kier alpha value is -1.04. The van der Waals surface area contributed by atoms with E-state index in [1.165, 1.54) is 18.4 Å². The fraction of sp³-hybridized carbons (Fsp3) is 0.429. The highest BCUT2D eigenvalue weighted by molar-refractivity contribution is 5.24. The number of allylic oxidation sites excluding steroid dienone is 2. The molecule has 2 atom stereocenters. The summed E-state index contributed by atoms with van der Waals surface area (Å²) < 4.78 is 0. The Bertz CT molecular complexity index is 321. The number of hydrogen-bond acceptors (Lipinski definition) is 0. The molecule has 1 aromatic rings. The van der Waals surface area contributed by atoms with Crippen LogP contribution in [0.3, 0.4) is 0 Å². The molecule has 0 aromatic heterocycles. The van der Waals surface area contributed by atoms with Gasteiger partial charge in [0, 0.05) is 0 Å². The number of rotatable bonds is 1. The Balaban J connectivity index is 2.20. The molecule has 1 aliphatic carbocycles. The summed E-state index contributed by atoms with van der Waals surface area (Å²) >= 11 is 0. The Morgan fingerprint density at radius 3 is 2.50 bits per heavy atom. The van der Waals surface area contributed by atoms with Gasteiger partial charge in [0.1, 0.15) is 0 Å². The highest BCUT2D eigenvalue weighted by Crippen LogP contribution is 2.36. The van der Waals surface area contributed by atoms with E-state index in [-0.39, 0.29) is 0 Å². The van der Waals surface area contributed by atoms with Crippen LogP contribution in [0.15, 0.2) is 42.0 Å². The van der Waals surface area contributed by atoms with Gasteiger partial charge in [-0.2, -0.15) is 0 Å². The maximum Gasteiger partial charge on any atom is -0.00985 e. The lowest BCUT2D eigenvalue weighted by molar-refractivity contribution is 0.436. The normalized spacial score (nSPS) is 27.1. The van der Waals surface area contributed by atoms with E-state index in [9.17, 15) is 0 Å². The van der Waals surface area contributed by atoms with Crippen LogP contribution in [0.4, 0.5) is 0 Å². The van der Waals surface area contributed by atoms with Gasteiger partial charge in [-0.05, 0) is 37.2 Å². The van der Waals surface area contributed by atoms with E-state index >= 15 is 0 Å². The van der Waals surface area contributed by atoms with Gasteiger partial charge in [0.05, 0.1) is 0 Å². The zero-order valence-electron chi connectivity index (χ0n) is 9.03. The van der Waals surface area contributed by atoms with Crippen LogP contribution in [0.5, 0.6) is 0 Å². The second-order valence-corrected chi connectivity index (χ2v) is 4.48. The Morgan fingerprint density at radius 2 is 1.86 bits per heavy atom. The Morgan fingerprint density at radius 1 is 1.14 bits per heavy atom. The SMILES string of the molecule is CC1=CC[C@@H](c2ccccc2)[C@H](C)C1. The van der Waals surface area contributed by atoms with E-state index < -0.39 is 0 Å². The number of benzene rings is 1. The summed E-state index contributed by atoms with van der Waals surface area (Å²) in [5.41, 5.74) is 3.06. The molecule has 0 saturated heterocycles. The van der Waals surface area contributed by atoms with E-state index in [1.54, 1.807) is 5.57 Å². The van der Waals surface area contributed by atoms with Gasteiger partial charge < -0.3 is 0 Å². The van der Waals surface area contributed by atoms with E-state index in [1.807, 2.05) is 0 Å². The van der Waals surface area contributed by atoms with Gasteiger partial charge in [-0.1, -0.05) is 48.9 Å². The summed E-state index contributed by atoms with van der Waals surface area (Å²) in [6.07, 6.45) is 4.88. The predicted octanol–water partition coefficient (Wildman–Crippen LogP) is 4.15. The molecule has 0 fully saturated rings. The summed E-state index contributed by atoms with van der Waals surface area (Å²) in [6.45, 7) is 4.62. The first-order valence-corrected chi connectivity index (χ1v) is 5.48. The zero-order chi connectivity index (χ0) is 9.97. The van der Waals surface area contributed by atoms with Crippen LogP contribution in [0.1, 0.15) is 38.2 Å². The summed E-state index contributed by atoms with van der Waals surface area (Å²) in [4.78, 5) is 0. The van der Waals surface area contributed by atoms with Crippen LogP contribution in [-0.4, -0.2) is 0 Å². The van der Waals surface area contributed by atoms with Crippen LogP contribution in [0.25, 0.3) is 0 Å². The minimum Gasteiger partial charge on any atom is -0.0850 e. The molecule has 0 aliphatic heterocycles. The van der Waals surface area contributed by atoms with Crippen LogP contribution < -0.4 is 0 Å². The fourth-order valence-corrected chi connectivity index (χ4v) is 2.46. The molecule has 0 unspecified atom stereocenters. The molecule has 0 spiro atoms. The van der Waals surface area contributed by atoms with Gasteiger partial charge >= 0.3 is 0 Å². The average molecular weight is 186 g/mol. The van der Waals surface area contributed by atoms with E-state index in [2.05, 4.69) is 50.3 Å². The monoisotopic (exact) mass is 186 g/mol. The first-order valence-electron chi connectivity index (χ1n) is 5.48. The van der Waals surface area contributed by atoms with Gasteiger partial charge in [0.15, 0.2) is 0 Å². The summed E-state index contributed by atoms with van der Waals surface area (Å²) in [6, 6.07) is 10.9. The quantitative estimate of drug-likeness (QED) is 0.578. The molecule has 2 rings (SSSR count). The molecule has 0 radical (unpaired) electrons. The molecular weight excluding hydrogens is 168 g/mol. The van der Waals surface area contributed by atoms with Gasteiger partial charge in [-0.3, -0.25) is 0 Å². The third-order valence-corrected chi connectivity index (χ3v) is 3.28. The molecule has 0 heteroatoms. The first kappa shape index (κ1) is 9.51. The molecule has 0 N–H and O–H groups in total. The minimum atomic E-state index is 0.736. The highest BCUT2D eigenvalue weighted by Gasteiger charge is 2.21. The third-order valence-electron chi connectivity index (χ3n) is 3.28. The third kappa shape index (κ3) is 1.89. The van der Waals surface area contributed by atoms with Crippen molar-refractivity contribution >= 4 is 0 Å². The van der Waals surface area contributed by atoms with Gasteiger partial charge in [0.2, 0.25) is 0 Å². The Labute approximate surface area is 86.7 Å². The van der Waals surface area contributed by atoms with Crippen molar-refractivity contribution in [1.29, 1.82) is 0 Å². The van der Waals surface area contributed by atoms with Gasteiger partial charge in [0.25, 0.3) is 0 Å². The molecule has 0 saturated carbocycles. The van der Waals surface area contributed by atoms with Crippen molar-refractivity contribution in [3.8, 4) is 0 Å². The molecule has 74 valence electrons. The van der Waals surface area contributed by atoms with Gasteiger partial charge in [-0.25, -0.2) is 0 Å². The molecule has 1 aliphatic rings. The second kappa shape index (κ2) is 4.00. The topological polar surface area (TPSA) is 0 Å². The molecule has 0 bridgehead atoms. The summed E-state index contributed by atoms with van der Waals surface area (Å²) in [5.74, 6) is 1.53. The smallest absolute Gasteiger partial charge is 0.00985 e. The van der Waals surface area contributed by atoms with E-state index in [0.29, 0.717) is 0 Å². The van der Waals surface area contributed by atoms with Crippen LogP contribution in [-0.2, 0) is 0 Å². The average Bonchev–Trinajstić information content (AvgIpc) is 2.19. The standard InChI is InChI=1S/C14H18/c1-11-8-9-14(12(2)10-11)13-6-4-3-5-7-13/h3-8,12,14H,9-10H2,1-2H3/t12-,14-/m1/s1. The van der Waals surface area contributed by atoms with Crippen LogP contribution >= 0.6 is 0 Å². The van der Waals surface area contributed by atoms with Crippen LogP contribution in [0, 0.1) is 5.92 Å². The van der Waals surface area contributed by atoms with Crippen LogP contribution in [0.2, 0.25) is 0 Å². The fourth-order valence-electron chi connectivity index (χ4n) is 2.46. The number of hydrogen-bond donors (Lipinski definition) is 0. The molecular formula is C14H18.